The van der Waals surface area contributed by atoms with Gasteiger partial charge in [-0.2, -0.15) is 0 Å². The van der Waals surface area contributed by atoms with Crippen LogP contribution >= 0.6 is 0 Å². The molecule has 1 N–H and O–H groups in total. The van der Waals surface area contributed by atoms with Crippen molar-refractivity contribution < 1.29 is 19.1 Å². The third-order valence-electron chi connectivity index (χ3n) is 7.29. The van der Waals surface area contributed by atoms with Gasteiger partial charge in [0, 0.05) is 6.04 Å². The first kappa shape index (κ1) is 19.3. The first-order valence-corrected chi connectivity index (χ1v) is 10.5. The van der Waals surface area contributed by atoms with E-state index in [4.69, 9.17) is 9.47 Å². The van der Waals surface area contributed by atoms with Gasteiger partial charge in [0.2, 0.25) is 0 Å². The van der Waals surface area contributed by atoms with Gasteiger partial charge in [0.15, 0.2) is 6.61 Å². The highest BCUT2D eigenvalue weighted by Crippen LogP contribution is 2.61. The zero-order valence-corrected chi connectivity index (χ0v) is 17.1. The van der Waals surface area contributed by atoms with Gasteiger partial charge >= 0.3 is 5.97 Å². The number of carbonyl (C=O) groups is 2. The van der Waals surface area contributed by atoms with E-state index in [2.05, 4.69) is 12.2 Å². The predicted molar refractivity (Wildman–Crippen MR) is 106 cm³/mol. The first-order valence-electron chi connectivity index (χ1n) is 10.5. The van der Waals surface area contributed by atoms with Gasteiger partial charge in [-0.15, -0.1) is 0 Å². The number of esters is 1. The van der Waals surface area contributed by atoms with Crippen LogP contribution in [0.1, 0.15) is 61.4 Å². The Labute approximate surface area is 167 Å². The van der Waals surface area contributed by atoms with Crippen LogP contribution < -0.4 is 10.1 Å². The van der Waals surface area contributed by atoms with Gasteiger partial charge in [0.05, 0.1) is 7.11 Å². The molecule has 0 unspecified atom stereocenters. The molecule has 5 rings (SSSR count). The van der Waals surface area contributed by atoms with Gasteiger partial charge in [-0.25, -0.2) is 4.79 Å². The molecule has 0 saturated heterocycles. The minimum absolute atomic E-state index is 0.126. The number of carbonyl (C=O) groups excluding carboxylic acids is 2. The van der Waals surface area contributed by atoms with E-state index in [0.717, 1.165) is 23.3 Å². The molecular weight excluding hydrogens is 354 g/mol. The average Bonchev–Trinajstić information content (AvgIpc) is 2.65. The molecule has 1 aromatic rings. The Kier molecular flexibility index (Phi) is 5.11. The number of hydrogen-bond acceptors (Lipinski definition) is 4. The van der Waals surface area contributed by atoms with E-state index in [1.54, 1.807) is 12.1 Å². The van der Waals surface area contributed by atoms with Crippen LogP contribution in [0, 0.1) is 30.1 Å². The molecule has 5 heteroatoms. The summed E-state index contributed by atoms with van der Waals surface area (Å²) in [6.07, 6.45) is 7.86. The number of aryl methyl sites for hydroxylation is 1. The zero-order chi connectivity index (χ0) is 19.9. The molecule has 0 aromatic heterocycles. The zero-order valence-electron chi connectivity index (χ0n) is 17.1. The second-order valence-electron chi connectivity index (χ2n) is 9.35. The van der Waals surface area contributed by atoms with Crippen LogP contribution in [-0.2, 0) is 9.53 Å². The van der Waals surface area contributed by atoms with Gasteiger partial charge < -0.3 is 14.8 Å². The van der Waals surface area contributed by atoms with Crippen molar-refractivity contribution in [2.45, 2.75) is 58.4 Å². The van der Waals surface area contributed by atoms with Gasteiger partial charge in [-0.3, -0.25) is 4.79 Å². The summed E-state index contributed by atoms with van der Waals surface area (Å²) in [7, 11) is 1.52. The molecular formula is C23H31NO4. The Balaban J connectivity index is 1.34. The molecule has 5 nitrogen and oxygen atoms in total. The van der Waals surface area contributed by atoms with Crippen molar-refractivity contribution in [2.24, 2.45) is 23.2 Å². The molecule has 0 aliphatic heterocycles. The van der Waals surface area contributed by atoms with Gasteiger partial charge in [0.25, 0.3) is 5.91 Å². The maximum absolute atomic E-state index is 12.5. The van der Waals surface area contributed by atoms with Crippen LogP contribution in [0.3, 0.4) is 0 Å². The molecule has 4 fully saturated rings. The highest BCUT2D eigenvalue weighted by Gasteiger charge is 2.53. The maximum atomic E-state index is 12.5. The van der Waals surface area contributed by atoms with Gasteiger partial charge in [-0.05, 0) is 87.7 Å². The Hall–Kier alpha value is -2.04. The molecule has 0 heterocycles. The molecule has 0 radical (unpaired) electrons. The monoisotopic (exact) mass is 385 g/mol. The minimum atomic E-state index is -0.529. The number of amides is 1. The predicted octanol–water partition coefficient (Wildman–Crippen LogP) is 3.88. The molecule has 0 spiro atoms. The number of benzene rings is 1. The van der Waals surface area contributed by atoms with E-state index >= 15 is 0 Å². The largest absolute Gasteiger partial charge is 0.496 e. The average molecular weight is 386 g/mol. The van der Waals surface area contributed by atoms with Crippen molar-refractivity contribution >= 4 is 11.9 Å². The van der Waals surface area contributed by atoms with Gasteiger partial charge in [0.1, 0.15) is 11.3 Å². The van der Waals surface area contributed by atoms with E-state index in [1.165, 1.54) is 45.6 Å². The smallest absolute Gasteiger partial charge is 0.342 e. The number of nitrogens with one attached hydrogen (secondary N) is 1. The van der Waals surface area contributed by atoms with Crippen LogP contribution in [0.25, 0.3) is 0 Å². The summed E-state index contributed by atoms with van der Waals surface area (Å²) in [4.78, 5) is 24.9. The van der Waals surface area contributed by atoms with Crippen LogP contribution in [0.4, 0.5) is 0 Å². The normalized spacial score (nSPS) is 31.3. The molecule has 4 bridgehead atoms. The third-order valence-corrected chi connectivity index (χ3v) is 7.29. The highest BCUT2D eigenvalue weighted by atomic mass is 16.5. The number of methoxy groups -OCH3 is 1. The van der Waals surface area contributed by atoms with Crippen molar-refractivity contribution in [1.29, 1.82) is 0 Å². The lowest BCUT2D eigenvalue weighted by molar-refractivity contribution is -0.128. The van der Waals surface area contributed by atoms with Gasteiger partial charge in [-0.1, -0.05) is 11.6 Å². The summed E-state index contributed by atoms with van der Waals surface area (Å²) in [6, 6.07) is 5.45. The van der Waals surface area contributed by atoms with Crippen LogP contribution in [0.2, 0.25) is 0 Å². The summed E-state index contributed by atoms with van der Waals surface area (Å²) in [6.45, 7) is 3.78. The van der Waals surface area contributed by atoms with Crippen molar-refractivity contribution in [3.8, 4) is 5.75 Å². The lowest BCUT2D eigenvalue weighted by Gasteiger charge is -2.59. The van der Waals surface area contributed by atoms with Crippen molar-refractivity contribution in [1.82, 2.24) is 5.32 Å². The lowest BCUT2D eigenvalue weighted by atomic mass is 9.48. The van der Waals surface area contributed by atoms with E-state index in [0.29, 0.717) is 11.3 Å². The fourth-order valence-corrected chi connectivity index (χ4v) is 6.33. The molecule has 4 aliphatic carbocycles. The quantitative estimate of drug-likeness (QED) is 0.755. The van der Waals surface area contributed by atoms with E-state index in [1.807, 2.05) is 13.0 Å². The standard InChI is InChI=1S/C23H31NO4/c1-14-4-5-20(27-3)19(6-14)22(26)28-13-21(25)24-15(2)23-10-16-7-17(11-23)9-18(8-16)12-23/h4-6,15-18H,7-13H2,1-3H3,(H,24,25)/t15-,16?,17?,18?,23?/m0/s1. The fraction of sp³-hybridized carbons (Fsp3) is 0.652. The van der Waals surface area contributed by atoms with Crippen molar-refractivity contribution in [3.63, 3.8) is 0 Å². The van der Waals surface area contributed by atoms with E-state index in [9.17, 15) is 9.59 Å². The summed E-state index contributed by atoms with van der Waals surface area (Å²) in [5.41, 5.74) is 1.53. The van der Waals surface area contributed by atoms with Crippen molar-refractivity contribution in [2.75, 3.05) is 13.7 Å². The minimum Gasteiger partial charge on any atom is -0.496 e. The molecule has 1 aromatic carbocycles. The Bertz CT molecular complexity index is 737. The Morgan fingerprint density at radius 1 is 1.14 bits per heavy atom. The summed E-state index contributed by atoms with van der Waals surface area (Å²) >= 11 is 0. The second-order valence-corrected chi connectivity index (χ2v) is 9.35. The highest BCUT2D eigenvalue weighted by molar-refractivity contribution is 5.94. The summed E-state index contributed by atoms with van der Waals surface area (Å²) in [5.74, 6) is 2.24. The first-order chi connectivity index (χ1) is 13.4. The van der Waals surface area contributed by atoms with Crippen LogP contribution in [0.15, 0.2) is 18.2 Å². The molecule has 152 valence electrons. The molecule has 1 atom stereocenters. The number of hydrogen-bond donors (Lipinski definition) is 1. The third kappa shape index (κ3) is 3.63. The second kappa shape index (κ2) is 7.41. The Morgan fingerprint density at radius 2 is 1.75 bits per heavy atom. The molecule has 1 amide bonds. The van der Waals surface area contributed by atoms with E-state index < -0.39 is 5.97 Å². The number of rotatable bonds is 6. The fourth-order valence-electron chi connectivity index (χ4n) is 6.33. The molecule has 28 heavy (non-hydrogen) atoms. The van der Waals surface area contributed by atoms with Crippen LogP contribution in [-0.4, -0.2) is 31.6 Å². The Morgan fingerprint density at radius 3 is 2.32 bits per heavy atom. The summed E-state index contributed by atoms with van der Waals surface area (Å²) in [5, 5.41) is 3.14. The topological polar surface area (TPSA) is 64.6 Å². The maximum Gasteiger partial charge on any atom is 0.342 e. The lowest BCUT2D eigenvalue weighted by Crippen LogP contribution is -2.56. The van der Waals surface area contributed by atoms with Crippen LogP contribution in [0.5, 0.6) is 5.75 Å². The van der Waals surface area contributed by atoms with Crippen molar-refractivity contribution in [3.05, 3.63) is 29.3 Å². The molecule has 4 aliphatic rings. The van der Waals surface area contributed by atoms with E-state index in [-0.39, 0.29) is 24.0 Å². The number of ether oxygens (including phenoxy) is 2. The SMILES string of the molecule is COc1ccc(C)cc1C(=O)OCC(=O)N[C@@H](C)C12CC3CC(CC(C3)C1)C2. The molecule has 4 saturated carbocycles. The summed E-state index contributed by atoms with van der Waals surface area (Å²) < 4.78 is 10.5.